The third kappa shape index (κ3) is 1.75. The Labute approximate surface area is 83.5 Å². The molecule has 0 aromatic heterocycles. The van der Waals surface area contributed by atoms with E-state index in [1.54, 1.807) is 18.6 Å². The average molecular weight is 194 g/mol. The van der Waals surface area contributed by atoms with Crippen LogP contribution in [0.4, 0.5) is 0 Å². The molecule has 2 aliphatic rings. The summed E-state index contributed by atoms with van der Waals surface area (Å²) in [6.07, 6.45) is 6.68. The standard InChI is InChI=1S/C10H14N2O2/c1-2-4-9-10(14-8-7-13-9)12-6-3-5-11-12/h2,7-8,11H,1,3-6H2. The van der Waals surface area contributed by atoms with Gasteiger partial charge in [0, 0.05) is 19.5 Å². The maximum atomic E-state index is 5.42. The van der Waals surface area contributed by atoms with Gasteiger partial charge < -0.3 is 9.47 Å². The van der Waals surface area contributed by atoms with Gasteiger partial charge in [-0.3, -0.25) is 5.01 Å². The number of hydrogen-bond donors (Lipinski definition) is 1. The molecule has 2 heterocycles. The third-order valence-electron chi connectivity index (χ3n) is 2.12. The number of rotatable bonds is 3. The molecule has 0 aromatic carbocycles. The van der Waals surface area contributed by atoms with E-state index >= 15 is 0 Å². The fourth-order valence-corrected chi connectivity index (χ4v) is 1.50. The van der Waals surface area contributed by atoms with Crippen LogP contribution in [0.1, 0.15) is 12.8 Å². The van der Waals surface area contributed by atoms with Gasteiger partial charge in [0.25, 0.3) is 0 Å². The topological polar surface area (TPSA) is 33.7 Å². The molecule has 2 aliphatic heterocycles. The molecule has 0 aromatic rings. The quantitative estimate of drug-likeness (QED) is 0.690. The van der Waals surface area contributed by atoms with E-state index < -0.39 is 0 Å². The first-order valence-corrected chi connectivity index (χ1v) is 4.75. The maximum absolute atomic E-state index is 5.42. The summed E-state index contributed by atoms with van der Waals surface area (Å²) in [6.45, 7) is 5.62. The number of allylic oxidation sites excluding steroid dienone is 1. The van der Waals surface area contributed by atoms with Crippen LogP contribution in [-0.2, 0) is 9.47 Å². The molecule has 1 fully saturated rings. The minimum Gasteiger partial charge on any atom is -0.460 e. The van der Waals surface area contributed by atoms with E-state index in [1.165, 1.54) is 0 Å². The second-order valence-electron chi connectivity index (χ2n) is 3.14. The van der Waals surface area contributed by atoms with Crippen LogP contribution in [0.15, 0.2) is 36.8 Å². The van der Waals surface area contributed by atoms with Crippen molar-refractivity contribution in [3.05, 3.63) is 36.8 Å². The molecule has 14 heavy (non-hydrogen) atoms. The molecular formula is C10H14N2O2. The van der Waals surface area contributed by atoms with Crippen LogP contribution < -0.4 is 5.43 Å². The van der Waals surface area contributed by atoms with E-state index in [2.05, 4.69) is 12.0 Å². The predicted molar refractivity (Wildman–Crippen MR) is 52.5 cm³/mol. The highest BCUT2D eigenvalue weighted by atomic mass is 16.6. The largest absolute Gasteiger partial charge is 0.460 e. The number of nitrogens with one attached hydrogen (secondary N) is 1. The van der Waals surface area contributed by atoms with Gasteiger partial charge in [-0.1, -0.05) is 6.08 Å². The lowest BCUT2D eigenvalue weighted by molar-refractivity contribution is 0.114. The molecule has 0 spiro atoms. The Morgan fingerprint density at radius 2 is 2.36 bits per heavy atom. The van der Waals surface area contributed by atoms with Gasteiger partial charge in [0.1, 0.15) is 12.5 Å². The van der Waals surface area contributed by atoms with Crippen LogP contribution >= 0.6 is 0 Å². The molecule has 0 amide bonds. The zero-order chi connectivity index (χ0) is 9.80. The smallest absolute Gasteiger partial charge is 0.249 e. The summed E-state index contributed by atoms with van der Waals surface area (Å²) in [7, 11) is 0. The fourth-order valence-electron chi connectivity index (χ4n) is 1.50. The lowest BCUT2D eigenvalue weighted by atomic mass is 10.3. The van der Waals surface area contributed by atoms with Crippen molar-refractivity contribution in [3.63, 3.8) is 0 Å². The minimum absolute atomic E-state index is 0.678. The van der Waals surface area contributed by atoms with Crippen molar-refractivity contribution in [3.8, 4) is 0 Å². The van der Waals surface area contributed by atoms with Gasteiger partial charge in [-0.2, -0.15) is 0 Å². The van der Waals surface area contributed by atoms with Crippen LogP contribution in [0.2, 0.25) is 0 Å². The summed E-state index contributed by atoms with van der Waals surface area (Å²) in [5, 5.41) is 1.97. The Hall–Kier alpha value is -1.42. The molecule has 1 saturated heterocycles. The van der Waals surface area contributed by atoms with Crippen molar-refractivity contribution in [2.24, 2.45) is 0 Å². The summed E-state index contributed by atoms with van der Waals surface area (Å²) in [6, 6.07) is 0. The Bertz CT molecular complexity index is 274. The highest BCUT2D eigenvalue weighted by Crippen LogP contribution is 2.21. The number of nitrogens with zero attached hydrogens (tertiary/aromatic N) is 1. The minimum atomic E-state index is 0.678. The highest BCUT2D eigenvalue weighted by Gasteiger charge is 2.21. The number of hydrogen-bond acceptors (Lipinski definition) is 4. The van der Waals surface area contributed by atoms with Crippen LogP contribution in [0.3, 0.4) is 0 Å². The summed E-state index contributed by atoms with van der Waals surface area (Å²) in [5.74, 6) is 1.56. The van der Waals surface area contributed by atoms with Crippen molar-refractivity contribution >= 4 is 0 Å². The normalized spacial score (nSPS) is 20.7. The van der Waals surface area contributed by atoms with Crippen molar-refractivity contribution < 1.29 is 9.47 Å². The van der Waals surface area contributed by atoms with Crippen molar-refractivity contribution in [1.82, 2.24) is 10.4 Å². The predicted octanol–water partition coefficient (Wildman–Crippen LogP) is 1.46. The molecular weight excluding hydrogens is 180 g/mol. The van der Waals surface area contributed by atoms with Gasteiger partial charge in [-0.15, -0.1) is 6.58 Å². The van der Waals surface area contributed by atoms with Gasteiger partial charge >= 0.3 is 0 Å². The zero-order valence-corrected chi connectivity index (χ0v) is 8.03. The second-order valence-corrected chi connectivity index (χ2v) is 3.14. The monoisotopic (exact) mass is 194 g/mol. The summed E-state index contributed by atoms with van der Waals surface area (Å²) in [4.78, 5) is 0. The summed E-state index contributed by atoms with van der Waals surface area (Å²) < 4.78 is 10.8. The first-order chi connectivity index (χ1) is 6.92. The van der Waals surface area contributed by atoms with E-state index in [1.807, 2.05) is 5.01 Å². The molecule has 0 atom stereocenters. The molecule has 0 saturated carbocycles. The Balaban J connectivity index is 2.13. The second kappa shape index (κ2) is 4.19. The van der Waals surface area contributed by atoms with Gasteiger partial charge in [0.15, 0.2) is 5.76 Å². The van der Waals surface area contributed by atoms with Crippen LogP contribution in [-0.4, -0.2) is 18.1 Å². The molecule has 1 N–H and O–H groups in total. The molecule has 4 nitrogen and oxygen atoms in total. The van der Waals surface area contributed by atoms with E-state index in [0.29, 0.717) is 6.42 Å². The molecule has 4 heteroatoms. The van der Waals surface area contributed by atoms with Gasteiger partial charge in [0.05, 0.1) is 0 Å². The average Bonchev–Trinajstić information content (AvgIpc) is 2.72. The first kappa shape index (κ1) is 9.15. The number of hydrazine groups is 1. The highest BCUT2D eigenvalue weighted by molar-refractivity contribution is 5.09. The maximum Gasteiger partial charge on any atom is 0.249 e. The lowest BCUT2D eigenvalue weighted by Crippen LogP contribution is -2.32. The summed E-state index contributed by atoms with van der Waals surface area (Å²) >= 11 is 0. The van der Waals surface area contributed by atoms with Gasteiger partial charge in [-0.25, -0.2) is 5.43 Å². The van der Waals surface area contributed by atoms with Crippen molar-refractivity contribution in [1.29, 1.82) is 0 Å². The summed E-state index contributed by atoms with van der Waals surface area (Å²) in [5.41, 5.74) is 3.22. The van der Waals surface area contributed by atoms with E-state index in [0.717, 1.165) is 31.2 Å². The van der Waals surface area contributed by atoms with Crippen LogP contribution in [0.25, 0.3) is 0 Å². The zero-order valence-electron chi connectivity index (χ0n) is 8.03. The van der Waals surface area contributed by atoms with Crippen LogP contribution in [0.5, 0.6) is 0 Å². The van der Waals surface area contributed by atoms with Crippen molar-refractivity contribution in [2.45, 2.75) is 12.8 Å². The lowest BCUT2D eigenvalue weighted by Gasteiger charge is -2.24. The Morgan fingerprint density at radius 3 is 3.07 bits per heavy atom. The SMILES string of the molecule is C=CCC1=C(N2CCCN2)OC=CO1. The molecule has 0 aliphatic carbocycles. The molecule has 76 valence electrons. The van der Waals surface area contributed by atoms with E-state index in [-0.39, 0.29) is 0 Å². The molecule has 0 bridgehead atoms. The van der Waals surface area contributed by atoms with Gasteiger partial charge in [-0.05, 0) is 6.42 Å². The van der Waals surface area contributed by atoms with E-state index in [9.17, 15) is 0 Å². The van der Waals surface area contributed by atoms with Crippen molar-refractivity contribution in [2.75, 3.05) is 13.1 Å². The first-order valence-electron chi connectivity index (χ1n) is 4.75. The van der Waals surface area contributed by atoms with Gasteiger partial charge in [0.2, 0.25) is 5.88 Å². The molecule has 2 rings (SSSR count). The van der Waals surface area contributed by atoms with E-state index in [4.69, 9.17) is 9.47 Å². The fraction of sp³-hybridized carbons (Fsp3) is 0.400. The molecule has 0 unspecified atom stereocenters. The Morgan fingerprint density at radius 1 is 1.50 bits per heavy atom. The molecule has 0 radical (unpaired) electrons. The Kier molecular flexibility index (Phi) is 2.74. The third-order valence-corrected chi connectivity index (χ3v) is 2.12. The number of ether oxygens (including phenoxy) is 2. The van der Waals surface area contributed by atoms with Crippen LogP contribution in [0, 0.1) is 0 Å².